The number of carbonyl (C=O) groups excluding carboxylic acids is 1. The molecule has 0 radical (unpaired) electrons. The van der Waals surface area contributed by atoms with Crippen molar-refractivity contribution in [3.63, 3.8) is 0 Å². The molecule has 4 aromatic heterocycles. The van der Waals surface area contributed by atoms with Gasteiger partial charge in [0.2, 0.25) is 5.91 Å². The van der Waals surface area contributed by atoms with Crippen LogP contribution in [0.4, 0.5) is 26.1 Å². The summed E-state index contributed by atoms with van der Waals surface area (Å²) in [5, 5.41) is 6.57. The Labute approximate surface area is 169 Å². The number of alkyl halides is 2. The lowest BCUT2D eigenvalue weighted by Gasteiger charge is -2.11. The number of pyridine rings is 2. The van der Waals surface area contributed by atoms with Crippen molar-refractivity contribution in [2.24, 2.45) is 0 Å². The Kier molecular flexibility index (Phi) is 5.05. The van der Waals surface area contributed by atoms with Crippen LogP contribution < -0.4 is 10.6 Å². The molecule has 152 valence electrons. The minimum absolute atomic E-state index is 0.200. The van der Waals surface area contributed by atoms with E-state index in [1.807, 2.05) is 6.92 Å². The van der Waals surface area contributed by atoms with Crippen molar-refractivity contribution in [1.82, 2.24) is 24.9 Å². The SMILES string of the molecule is CC(=O)Nc1cc(Nc2nc(-c3cccc(C(F)F)n3)nc3[nH]cc(C)c23)ccn1. The van der Waals surface area contributed by atoms with Crippen LogP contribution in [0.3, 0.4) is 0 Å². The summed E-state index contributed by atoms with van der Waals surface area (Å²) in [4.78, 5) is 31.4. The van der Waals surface area contributed by atoms with E-state index in [0.717, 1.165) is 10.9 Å². The first-order valence-corrected chi connectivity index (χ1v) is 9.02. The molecule has 0 aliphatic carbocycles. The Morgan fingerprint density at radius 2 is 2.00 bits per heavy atom. The number of nitrogens with zero attached hydrogens (tertiary/aromatic N) is 4. The van der Waals surface area contributed by atoms with Crippen LogP contribution in [0.15, 0.2) is 42.7 Å². The first kappa shape index (κ1) is 19.4. The first-order valence-electron chi connectivity index (χ1n) is 9.02. The third-order valence-corrected chi connectivity index (χ3v) is 4.28. The van der Waals surface area contributed by atoms with Crippen molar-refractivity contribution in [3.8, 4) is 11.5 Å². The fourth-order valence-corrected chi connectivity index (χ4v) is 2.98. The summed E-state index contributed by atoms with van der Waals surface area (Å²) < 4.78 is 26.1. The van der Waals surface area contributed by atoms with Gasteiger partial charge in [0.05, 0.1) is 5.39 Å². The molecule has 4 aromatic rings. The van der Waals surface area contributed by atoms with Crippen molar-refractivity contribution >= 4 is 34.3 Å². The van der Waals surface area contributed by atoms with Crippen LogP contribution in [-0.2, 0) is 4.79 Å². The van der Waals surface area contributed by atoms with E-state index < -0.39 is 6.43 Å². The van der Waals surface area contributed by atoms with Crippen LogP contribution in [0.5, 0.6) is 0 Å². The van der Waals surface area contributed by atoms with Gasteiger partial charge in [0.25, 0.3) is 6.43 Å². The van der Waals surface area contributed by atoms with Crippen molar-refractivity contribution in [3.05, 3.63) is 54.0 Å². The molecular weight excluding hydrogens is 392 g/mol. The first-order chi connectivity index (χ1) is 14.4. The molecule has 30 heavy (non-hydrogen) atoms. The van der Waals surface area contributed by atoms with Crippen molar-refractivity contribution in [2.75, 3.05) is 10.6 Å². The number of aromatic amines is 1. The molecule has 0 saturated carbocycles. The second kappa shape index (κ2) is 7.82. The quantitative estimate of drug-likeness (QED) is 0.452. The van der Waals surface area contributed by atoms with Gasteiger partial charge in [-0.05, 0) is 30.7 Å². The Hall–Kier alpha value is -3.95. The van der Waals surface area contributed by atoms with Crippen molar-refractivity contribution in [2.45, 2.75) is 20.3 Å². The Balaban J connectivity index is 1.79. The smallest absolute Gasteiger partial charge is 0.280 e. The molecule has 0 spiro atoms. The zero-order valence-electron chi connectivity index (χ0n) is 16.1. The number of halogens is 2. The predicted octanol–water partition coefficient (Wildman–Crippen LogP) is 4.36. The molecule has 1 amide bonds. The minimum atomic E-state index is -2.69. The maximum absolute atomic E-state index is 13.1. The summed E-state index contributed by atoms with van der Waals surface area (Å²) in [6.07, 6.45) is 0.639. The number of aromatic nitrogens is 5. The Morgan fingerprint density at radius 3 is 2.77 bits per heavy atom. The monoisotopic (exact) mass is 409 g/mol. The molecule has 0 aliphatic rings. The van der Waals surface area contributed by atoms with E-state index in [1.165, 1.54) is 19.1 Å². The molecule has 0 aliphatic heterocycles. The van der Waals surface area contributed by atoms with E-state index in [0.29, 0.717) is 23.0 Å². The van der Waals surface area contributed by atoms with E-state index in [4.69, 9.17) is 0 Å². The Bertz CT molecular complexity index is 1240. The molecule has 10 heteroatoms. The average Bonchev–Trinajstić information content (AvgIpc) is 3.09. The predicted molar refractivity (Wildman–Crippen MR) is 109 cm³/mol. The lowest BCUT2D eigenvalue weighted by atomic mass is 10.2. The molecule has 0 saturated heterocycles. The summed E-state index contributed by atoms with van der Waals surface area (Å²) in [5.41, 5.74) is 1.97. The number of aryl methyl sites for hydroxylation is 1. The summed E-state index contributed by atoms with van der Waals surface area (Å²) in [5.74, 6) is 0.816. The van der Waals surface area contributed by atoms with Crippen LogP contribution >= 0.6 is 0 Å². The maximum atomic E-state index is 13.1. The highest BCUT2D eigenvalue weighted by Crippen LogP contribution is 2.30. The topological polar surface area (TPSA) is 108 Å². The van der Waals surface area contributed by atoms with Gasteiger partial charge in [0.1, 0.15) is 28.7 Å². The number of amides is 1. The van der Waals surface area contributed by atoms with E-state index in [-0.39, 0.29) is 23.1 Å². The highest BCUT2D eigenvalue weighted by molar-refractivity contribution is 5.93. The average molecular weight is 409 g/mol. The van der Waals surface area contributed by atoms with Gasteiger partial charge in [-0.3, -0.25) is 4.79 Å². The molecule has 0 atom stereocenters. The third-order valence-electron chi connectivity index (χ3n) is 4.28. The van der Waals surface area contributed by atoms with Crippen LogP contribution in [0.1, 0.15) is 24.6 Å². The summed E-state index contributed by atoms with van der Waals surface area (Å²) in [6, 6.07) is 7.70. The number of rotatable bonds is 5. The van der Waals surface area contributed by atoms with Crippen LogP contribution in [0, 0.1) is 6.92 Å². The number of H-pyrrole nitrogens is 1. The lowest BCUT2D eigenvalue weighted by molar-refractivity contribution is -0.114. The molecule has 8 nitrogen and oxygen atoms in total. The van der Waals surface area contributed by atoms with Crippen LogP contribution in [-0.4, -0.2) is 30.8 Å². The second-order valence-electron chi connectivity index (χ2n) is 6.58. The zero-order valence-corrected chi connectivity index (χ0v) is 16.1. The number of hydrogen-bond donors (Lipinski definition) is 3. The number of hydrogen-bond acceptors (Lipinski definition) is 6. The number of nitrogens with one attached hydrogen (secondary N) is 3. The fourth-order valence-electron chi connectivity index (χ4n) is 2.98. The van der Waals surface area contributed by atoms with Gasteiger partial charge < -0.3 is 15.6 Å². The van der Waals surface area contributed by atoms with E-state index in [2.05, 4.69) is 35.6 Å². The lowest BCUT2D eigenvalue weighted by Crippen LogP contribution is -2.07. The summed E-state index contributed by atoms with van der Waals surface area (Å²) in [7, 11) is 0. The highest BCUT2D eigenvalue weighted by Gasteiger charge is 2.16. The molecule has 4 rings (SSSR count). The van der Waals surface area contributed by atoms with E-state index in [9.17, 15) is 13.6 Å². The van der Waals surface area contributed by atoms with Crippen molar-refractivity contribution < 1.29 is 13.6 Å². The van der Waals surface area contributed by atoms with Gasteiger partial charge >= 0.3 is 0 Å². The van der Waals surface area contributed by atoms with Crippen molar-refractivity contribution in [1.29, 1.82) is 0 Å². The number of anilines is 3. The highest BCUT2D eigenvalue weighted by atomic mass is 19.3. The van der Waals surface area contributed by atoms with E-state index >= 15 is 0 Å². The fraction of sp³-hybridized carbons (Fsp3) is 0.150. The zero-order chi connectivity index (χ0) is 21.3. The van der Waals surface area contributed by atoms with E-state index in [1.54, 1.807) is 30.6 Å². The van der Waals surface area contributed by atoms with Gasteiger partial charge in [0, 0.05) is 31.1 Å². The third kappa shape index (κ3) is 3.93. The molecule has 0 bridgehead atoms. The Morgan fingerprint density at radius 1 is 1.17 bits per heavy atom. The standard InChI is InChI=1S/C20H17F2N7O/c1-10-9-24-19-16(10)20(26-12-6-7-23-15(8-12)25-11(2)30)29-18(28-19)14-5-3-4-13(27-14)17(21)22/h3-9,17H,1-2H3,(H3,23,24,25,26,28,29,30). The summed E-state index contributed by atoms with van der Waals surface area (Å²) >= 11 is 0. The second-order valence-corrected chi connectivity index (χ2v) is 6.58. The minimum Gasteiger partial charge on any atom is -0.346 e. The molecule has 0 fully saturated rings. The van der Waals surface area contributed by atoms with Crippen LogP contribution in [0.25, 0.3) is 22.6 Å². The molecule has 3 N–H and O–H groups in total. The summed E-state index contributed by atoms with van der Waals surface area (Å²) in [6.45, 7) is 3.30. The number of fused-ring (bicyclic) bond motifs is 1. The van der Waals surface area contributed by atoms with Crippen LogP contribution in [0.2, 0.25) is 0 Å². The normalized spacial score (nSPS) is 11.1. The van der Waals surface area contributed by atoms with Gasteiger partial charge in [-0.15, -0.1) is 0 Å². The van der Waals surface area contributed by atoms with Gasteiger partial charge in [0.15, 0.2) is 5.82 Å². The molecule has 0 unspecified atom stereocenters. The molecular formula is C20H17F2N7O. The van der Waals surface area contributed by atoms with Gasteiger partial charge in [-0.25, -0.2) is 28.7 Å². The largest absolute Gasteiger partial charge is 0.346 e. The molecule has 0 aromatic carbocycles. The molecule has 4 heterocycles. The van der Waals surface area contributed by atoms with Gasteiger partial charge in [-0.2, -0.15) is 0 Å². The van der Waals surface area contributed by atoms with Gasteiger partial charge in [-0.1, -0.05) is 6.07 Å². The maximum Gasteiger partial charge on any atom is 0.280 e. The number of carbonyl (C=O) groups is 1.